The molecule has 2 aromatic carbocycles. The summed E-state index contributed by atoms with van der Waals surface area (Å²) >= 11 is 0. The van der Waals surface area contributed by atoms with E-state index < -0.39 is 10.2 Å². The second kappa shape index (κ2) is 5.92. The first-order valence-corrected chi connectivity index (χ1v) is 8.66. The number of fused-ring (bicyclic) bond motifs is 1. The Hall–Kier alpha value is -2.54. The van der Waals surface area contributed by atoms with Crippen molar-refractivity contribution < 1.29 is 13.2 Å². The van der Waals surface area contributed by atoms with E-state index in [0.717, 1.165) is 11.3 Å². The van der Waals surface area contributed by atoms with Crippen LogP contribution < -0.4 is 14.3 Å². The van der Waals surface area contributed by atoms with Gasteiger partial charge in [0.1, 0.15) is 0 Å². The first kappa shape index (κ1) is 15.4. The summed E-state index contributed by atoms with van der Waals surface area (Å²) in [4.78, 5) is 11.0. The minimum absolute atomic E-state index is 0.174. The number of benzene rings is 2. The standard InChI is InChI=1S/C16H17N3O3S/c1-12(20)17-14-6-8-15(9-7-14)18-23(21,22)19-11-10-13-4-2-3-5-16(13)19/h2-9,18H,10-11H2,1H3,(H,17,20). The van der Waals surface area contributed by atoms with E-state index in [0.29, 0.717) is 24.3 Å². The van der Waals surface area contributed by atoms with Crippen LogP contribution in [0.25, 0.3) is 0 Å². The Balaban J connectivity index is 1.78. The Bertz CT molecular complexity index is 832. The van der Waals surface area contributed by atoms with E-state index in [1.54, 1.807) is 30.3 Å². The van der Waals surface area contributed by atoms with Gasteiger partial charge in [-0.3, -0.25) is 13.8 Å². The van der Waals surface area contributed by atoms with Gasteiger partial charge in [0.2, 0.25) is 5.91 Å². The van der Waals surface area contributed by atoms with Crippen molar-refractivity contribution in [2.24, 2.45) is 0 Å². The van der Waals surface area contributed by atoms with Gasteiger partial charge in [-0.25, -0.2) is 0 Å². The van der Waals surface area contributed by atoms with Crippen LogP contribution in [-0.4, -0.2) is 20.9 Å². The van der Waals surface area contributed by atoms with Crippen molar-refractivity contribution in [2.75, 3.05) is 20.9 Å². The molecule has 1 amide bonds. The summed E-state index contributed by atoms with van der Waals surface area (Å²) in [5, 5.41) is 2.64. The Kier molecular flexibility index (Phi) is 3.96. The van der Waals surface area contributed by atoms with Crippen molar-refractivity contribution >= 4 is 33.2 Å². The summed E-state index contributed by atoms with van der Waals surface area (Å²) in [7, 11) is -3.67. The molecule has 0 aromatic heterocycles. The SMILES string of the molecule is CC(=O)Nc1ccc(NS(=O)(=O)N2CCc3ccccc32)cc1. The molecule has 0 bridgehead atoms. The zero-order valence-corrected chi connectivity index (χ0v) is 13.4. The summed E-state index contributed by atoms with van der Waals surface area (Å²) in [5.74, 6) is -0.174. The van der Waals surface area contributed by atoms with Crippen molar-refractivity contribution in [2.45, 2.75) is 13.3 Å². The summed E-state index contributed by atoms with van der Waals surface area (Å²) < 4.78 is 29.1. The van der Waals surface area contributed by atoms with Gasteiger partial charge in [0.15, 0.2) is 0 Å². The molecular formula is C16H17N3O3S. The first-order valence-electron chi connectivity index (χ1n) is 7.22. The maximum atomic E-state index is 12.6. The Morgan fingerprint density at radius 2 is 1.70 bits per heavy atom. The van der Waals surface area contributed by atoms with E-state index in [1.165, 1.54) is 11.2 Å². The first-order chi connectivity index (χ1) is 11.0. The summed E-state index contributed by atoms with van der Waals surface area (Å²) in [6.07, 6.45) is 0.707. The average molecular weight is 331 g/mol. The fourth-order valence-electron chi connectivity index (χ4n) is 2.59. The number of rotatable bonds is 4. The highest BCUT2D eigenvalue weighted by molar-refractivity contribution is 7.94. The van der Waals surface area contributed by atoms with Gasteiger partial charge in [-0.15, -0.1) is 0 Å². The molecule has 3 rings (SSSR count). The fraction of sp³-hybridized carbons (Fsp3) is 0.188. The smallest absolute Gasteiger partial charge is 0.323 e. The zero-order chi connectivity index (χ0) is 16.4. The predicted octanol–water partition coefficient (Wildman–Crippen LogP) is 2.36. The molecule has 23 heavy (non-hydrogen) atoms. The quantitative estimate of drug-likeness (QED) is 0.903. The van der Waals surface area contributed by atoms with E-state index in [4.69, 9.17) is 0 Å². The van der Waals surface area contributed by atoms with Crippen LogP contribution in [0.5, 0.6) is 0 Å². The molecule has 0 saturated heterocycles. The van der Waals surface area contributed by atoms with Crippen molar-refractivity contribution in [1.29, 1.82) is 0 Å². The molecule has 0 aliphatic carbocycles. The van der Waals surface area contributed by atoms with Crippen LogP contribution in [0.3, 0.4) is 0 Å². The third kappa shape index (κ3) is 3.29. The lowest BCUT2D eigenvalue weighted by atomic mass is 10.2. The highest BCUT2D eigenvalue weighted by Crippen LogP contribution is 2.30. The summed E-state index contributed by atoms with van der Waals surface area (Å²) in [6, 6.07) is 14.0. The van der Waals surface area contributed by atoms with Crippen LogP contribution in [0.15, 0.2) is 48.5 Å². The average Bonchev–Trinajstić information content (AvgIpc) is 2.93. The van der Waals surface area contributed by atoms with Gasteiger partial charge < -0.3 is 5.32 Å². The number of anilines is 3. The molecule has 7 heteroatoms. The molecule has 0 radical (unpaired) electrons. The molecule has 6 nitrogen and oxygen atoms in total. The number of nitrogens with zero attached hydrogens (tertiary/aromatic N) is 1. The topological polar surface area (TPSA) is 78.5 Å². The number of amides is 1. The number of carbonyl (C=O) groups is 1. The Morgan fingerprint density at radius 3 is 2.39 bits per heavy atom. The normalized spacial score (nSPS) is 13.5. The Morgan fingerprint density at radius 1 is 1.04 bits per heavy atom. The maximum Gasteiger partial charge on any atom is 0.323 e. The van der Waals surface area contributed by atoms with Crippen LogP contribution in [0, 0.1) is 0 Å². The second-order valence-electron chi connectivity index (χ2n) is 5.32. The molecule has 0 saturated carbocycles. The molecule has 0 unspecified atom stereocenters. The molecule has 120 valence electrons. The molecule has 0 fully saturated rings. The minimum atomic E-state index is -3.67. The van der Waals surface area contributed by atoms with E-state index in [2.05, 4.69) is 10.0 Å². The number of hydrogen-bond donors (Lipinski definition) is 2. The highest BCUT2D eigenvalue weighted by atomic mass is 32.2. The van der Waals surface area contributed by atoms with Gasteiger partial charge in [0.25, 0.3) is 0 Å². The molecular weight excluding hydrogens is 314 g/mol. The van der Waals surface area contributed by atoms with E-state index in [-0.39, 0.29) is 5.91 Å². The molecule has 2 N–H and O–H groups in total. The van der Waals surface area contributed by atoms with E-state index in [9.17, 15) is 13.2 Å². The van der Waals surface area contributed by atoms with Crippen LogP contribution in [-0.2, 0) is 21.4 Å². The van der Waals surface area contributed by atoms with Crippen LogP contribution >= 0.6 is 0 Å². The summed E-state index contributed by atoms with van der Waals surface area (Å²) in [5.41, 5.74) is 2.81. The fourth-order valence-corrected chi connectivity index (χ4v) is 3.90. The largest absolute Gasteiger partial charge is 0.326 e. The molecule has 1 aliphatic heterocycles. The van der Waals surface area contributed by atoms with Gasteiger partial charge in [-0.05, 0) is 42.3 Å². The number of hydrogen-bond acceptors (Lipinski definition) is 3. The number of carbonyl (C=O) groups excluding carboxylic acids is 1. The molecule has 0 atom stereocenters. The maximum absolute atomic E-state index is 12.6. The highest BCUT2D eigenvalue weighted by Gasteiger charge is 2.28. The van der Waals surface area contributed by atoms with Crippen molar-refractivity contribution in [3.8, 4) is 0 Å². The molecule has 1 heterocycles. The lowest BCUT2D eigenvalue weighted by Gasteiger charge is -2.20. The van der Waals surface area contributed by atoms with E-state index >= 15 is 0 Å². The second-order valence-corrected chi connectivity index (χ2v) is 6.91. The van der Waals surface area contributed by atoms with Gasteiger partial charge in [-0.2, -0.15) is 8.42 Å². The van der Waals surface area contributed by atoms with Crippen molar-refractivity contribution in [3.05, 3.63) is 54.1 Å². The van der Waals surface area contributed by atoms with E-state index in [1.807, 2.05) is 18.2 Å². The van der Waals surface area contributed by atoms with Crippen LogP contribution in [0.2, 0.25) is 0 Å². The summed E-state index contributed by atoms with van der Waals surface area (Å²) in [6.45, 7) is 1.85. The Labute approximate surface area is 135 Å². The predicted molar refractivity (Wildman–Crippen MR) is 90.8 cm³/mol. The van der Waals surface area contributed by atoms with Crippen LogP contribution in [0.4, 0.5) is 17.1 Å². The monoisotopic (exact) mass is 331 g/mol. The lowest BCUT2D eigenvalue weighted by Crippen LogP contribution is -2.34. The van der Waals surface area contributed by atoms with Crippen LogP contribution in [0.1, 0.15) is 12.5 Å². The van der Waals surface area contributed by atoms with Gasteiger partial charge in [0.05, 0.1) is 11.4 Å². The van der Waals surface area contributed by atoms with Gasteiger partial charge >= 0.3 is 10.2 Å². The number of para-hydroxylation sites is 1. The third-order valence-electron chi connectivity index (χ3n) is 3.59. The molecule has 0 spiro atoms. The molecule has 2 aromatic rings. The zero-order valence-electron chi connectivity index (χ0n) is 12.6. The van der Waals surface area contributed by atoms with Crippen molar-refractivity contribution in [1.82, 2.24) is 0 Å². The molecule has 1 aliphatic rings. The van der Waals surface area contributed by atoms with Gasteiger partial charge in [-0.1, -0.05) is 18.2 Å². The van der Waals surface area contributed by atoms with Gasteiger partial charge in [0, 0.05) is 19.2 Å². The minimum Gasteiger partial charge on any atom is -0.326 e. The number of nitrogens with one attached hydrogen (secondary N) is 2. The van der Waals surface area contributed by atoms with Crippen molar-refractivity contribution in [3.63, 3.8) is 0 Å². The lowest BCUT2D eigenvalue weighted by molar-refractivity contribution is -0.114. The third-order valence-corrected chi connectivity index (χ3v) is 5.04.